The molecule has 0 fully saturated rings. The molecule has 0 saturated carbocycles. The number of rotatable bonds is 5. The summed E-state index contributed by atoms with van der Waals surface area (Å²) in [6.45, 7) is 7.78. The normalized spacial score (nSPS) is 15.7. The molecule has 0 saturated heterocycles. The maximum Gasteiger partial charge on any atom is 0.252 e. The number of carbonyl (C=O) groups excluding carboxylic acids is 1. The zero-order valence-corrected chi connectivity index (χ0v) is 12.9. The molecule has 0 spiro atoms. The lowest BCUT2D eigenvalue weighted by molar-refractivity contribution is 0.00592. The lowest BCUT2D eigenvalue weighted by Crippen LogP contribution is -2.45. The van der Waals surface area contributed by atoms with Crippen LogP contribution in [0.2, 0.25) is 0 Å². The maximum atomic E-state index is 12.2. The lowest BCUT2D eigenvalue weighted by Gasteiger charge is -2.29. The highest BCUT2D eigenvalue weighted by Crippen LogP contribution is 2.19. The van der Waals surface area contributed by atoms with E-state index in [1.54, 1.807) is 29.7 Å². The SMILES string of the molecule is CCC(C)C(C)(O)CNC(=O)c1ccc2nnc(C)n2c1. The minimum Gasteiger partial charge on any atom is -0.388 e. The molecule has 6 nitrogen and oxygen atoms in total. The van der Waals surface area contributed by atoms with Crippen LogP contribution in [0.4, 0.5) is 0 Å². The van der Waals surface area contributed by atoms with Crippen LogP contribution in [-0.4, -0.2) is 37.8 Å². The third-order valence-corrected chi connectivity index (χ3v) is 4.12. The van der Waals surface area contributed by atoms with E-state index in [0.29, 0.717) is 11.2 Å². The average Bonchev–Trinajstić information content (AvgIpc) is 2.85. The van der Waals surface area contributed by atoms with Gasteiger partial charge in [0.05, 0.1) is 11.2 Å². The van der Waals surface area contributed by atoms with Crippen LogP contribution in [0.3, 0.4) is 0 Å². The fourth-order valence-electron chi connectivity index (χ4n) is 2.11. The quantitative estimate of drug-likeness (QED) is 0.876. The highest BCUT2D eigenvalue weighted by atomic mass is 16.3. The fourth-order valence-corrected chi connectivity index (χ4v) is 2.11. The molecule has 2 heterocycles. The molecule has 2 aromatic rings. The van der Waals surface area contributed by atoms with Crippen molar-refractivity contribution in [2.24, 2.45) is 5.92 Å². The Balaban J connectivity index is 2.10. The fraction of sp³-hybridized carbons (Fsp3) is 0.533. The van der Waals surface area contributed by atoms with Crippen molar-refractivity contribution in [1.29, 1.82) is 0 Å². The number of hydrogen-bond acceptors (Lipinski definition) is 4. The average molecular weight is 290 g/mol. The van der Waals surface area contributed by atoms with E-state index in [1.165, 1.54) is 0 Å². The number of amides is 1. The van der Waals surface area contributed by atoms with Crippen molar-refractivity contribution < 1.29 is 9.90 Å². The molecule has 2 unspecified atom stereocenters. The Hall–Kier alpha value is -1.95. The number of hydrogen-bond donors (Lipinski definition) is 2. The third-order valence-electron chi connectivity index (χ3n) is 4.12. The Bertz CT molecular complexity index is 648. The molecule has 2 rings (SSSR count). The van der Waals surface area contributed by atoms with Gasteiger partial charge in [-0.1, -0.05) is 20.3 Å². The summed E-state index contributed by atoms with van der Waals surface area (Å²) in [5.41, 5.74) is 0.307. The first kappa shape index (κ1) is 15.4. The van der Waals surface area contributed by atoms with E-state index in [4.69, 9.17) is 0 Å². The van der Waals surface area contributed by atoms with E-state index in [-0.39, 0.29) is 18.4 Å². The van der Waals surface area contributed by atoms with Gasteiger partial charge in [0.2, 0.25) is 0 Å². The van der Waals surface area contributed by atoms with Gasteiger partial charge in [-0.2, -0.15) is 0 Å². The largest absolute Gasteiger partial charge is 0.388 e. The van der Waals surface area contributed by atoms with Crippen molar-refractivity contribution in [2.45, 2.75) is 39.7 Å². The van der Waals surface area contributed by atoms with E-state index in [0.717, 1.165) is 12.2 Å². The predicted molar refractivity (Wildman–Crippen MR) is 80.1 cm³/mol. The molecule has 2 atom stereocenters. The van der Waals surface area contributed by atoms with Crippen LogP contribution in [0, 0.1) is 12.8 Å². The Morgan fingerprint density at radius 2 is 2.19 bits per heavy atom. The summed E-state index contributed by atoms with van der Waals surface area (Å²) in [6.07, 6.45) is 2.56. The van der Waals surface area contributed by atoms with Gasteiger partial charge in [0, 0.05) is 12.7 Å². The highest BCUT2D eigenvalue weighted by molar-refractivity contribution is 5.94. The van der Waals surface area contributed by atoms with Crippen LogP contribution < -0.4 is 5.32 Å². The van der Waals surface area contributed by atoms with Crippen LogP contribution in [0.5, 0.6) is 0 Å². The number of aryl methyl sites for hydroxylation is 1. The van der Waals surface area contributed by atoms with Gasteiger partial charge in [0.1, 0.15) is 5.82 Å². The molecule has 0 aromatic carbocycles. The number of aliphatic hydroxyl groups is 1. The molecule has 0 aliphatic heterocycles. The Labute approximate surface area is 124 Å². The molecule has 21 heavy (non-hydrogen) atoms. The number of nitrogens with zero attached hydrogens (tertiary/aromatic N) is 3. The molecule has 0 bridgehead atoms. The molecule has 6 heteroatoms. The first-order valence-electron chi connectivity index (χ1n) is 7.17. The van der Waals surface area contributed by atoms with Crippen molar-refractivity contribution in [3.63, 3.8) is 0 Å². The molecule has 0 radical (unpaired) electrons. The molecular weight excluding hydrogens is 268 g/mol. The van der Waals surface area contributed by atoms with Crippen molar-refractivity contribution >= 4 is 11.6 Å². The maximum absolute atomic E-state index is 12.2. The van der Waals surface area contributed by atoms with Crippen molar-refractivity contribution in [2.75, 3.05) is 6.54 Å². The molecule has 0 aliphatic carbocycles. The summed E-state index contributed by atoms with van der Waals surface area (Å²) in [5, 5.41) is 21.0. The van der Waals surface area contributed by atoms with E-state index in [2.05, 4.69) is 15.5 Å². The van der Waals surface area contributed by atoms with Gasteiger partial charge in [0.25, 0.3) is 5.91 Å². The number of aromatic nitrogens is 3. The Morgan fingerprint density at radius 1 is 1.48 bits per heavy atom. The number of fused-ring (bicyclic) bond motifs is 1. The summed E-state index contributed by atoms with van der Waals surface area (Å²) in [4.78, 5) is 12.2. The van der Waals surface area contributed by atoms with Crippen LogP contribution >= 0.6 is 0 Å². The molecule has 2 aromatic heterocycles. The van der Waals surface area contributed by atoms with Crippen LogP contribution in [-0.2, 0) is 0 Å². The summed E-state index contributed by atoms with van der Waals surface area (Å²) in [5.74, 6) is 0.625. The molecule has 114 valence electrons. The van der Waals surface area contributed by atoms with Gasteiger partial charge >= 0.3 is 0 Å². The first-order valence-corrected chi connectivity index (χ1v) is 7.17. The second-order valence-electron chi connectivity index (χ2n) is 5.74. The zero-order chi connectivity index (χ0) is 15.6. The molecular formula is C15H22N4O2. The van der Waals surface area contributed by atoms with Crippen LogP contribution in [0.25, 0.3) is 5.65 Å². The van der Waals surface area contributed by atoms with Gasteiger partial charge < -0.3 is 10.4 Å². The third kappa shape index (κ3) is 3.21. The van der Waals surface area contributed by atoms with Crippen LogP contribution in [0.15, 0.2) is 18.3 Å². The van der Waals surface area contributed by atoms with E-state index in [9.17, 15) is 9.90 Å². The second kappa shape index (κ2) is 5.81. The summed E-state index contributed by atoms with van der Waals surface area (Å²) < 4.78 is 1.77. The van der Waals surface area contributed by atoms with Gasteiger partial charge in [-0.15, -0.1) is 10.2 Å². The summed E-state index contributed by atoms with van der Waals surface area (Å²) >= 11 is 0. The molecule has 1 amide bonds. The summed E-state index contributed by atoms with van der Waals surface area (Å²) in [7, 11) is 0. The zero-order valence-electron chi connectivity index (χ0n) is 12.9. The highest BCUT2D eigenvalue weighted by Gasteiger charge is 2.27. The van der Waals surface area contributed by atoms with Gasteiger partial charge in [-0.3, -0.25) is 9.20 Å². The lowest BCUT2D eigenvalue weighted by atomic mass is 9.88. The topological polar surface area (TPSA) is 79.5 Å². The minimum atomic E-state index is -0.916. The van der Waals surface area contributed by atoms with E-state index < -0.39 is 5.60 Å². The minimum absolute atomic E-state index is 0.111. The van der Waals surface area contributed by atoms with Crippen molar-refractivity contribution in [1.82, 2.24) is 19.9 Å². The van der Waals surface area contributed by atoms with Crippen LogP contribution in [0.1, 0.15) is 43.4 Å². The standard InChI is InChI=1S/C15H22N4O2/c1-5-10(2)15(4,21)9-16-14(20)12-6-7-13-18-17-11(3)19(13)8-12/h6-8,10,21H,5,9H2,1-4H3,(H,16,20). The Kier molecular flexibility index (Phi) is 4.27. The molecule has 2 N–H and O–H groups in total. The monoisotopic (exact) mass is 290 g/mol. The van der Waals surface area contributed by atoms with E-state index in [1.807, 2.05) is 20.8 Å². The molecule has 0 aliphatic rings. The van der Waals surface area contributed by atoms with E-state index >= 15 is 0 Å². The smallest absolute Gasteiger partial charge is 0.252 e. The van der Waals surface area contributed by atoms with Crippen molar-refractivity contribution in [3.8, 4) is 0 Å². The van der Waals surface area contributed by atoms with Gasteiger partial charge in [-0.05, 0) is 31.9 Å². The summed E-state index contributed by atoms with van der Waals surface area (Å²) in [6, 6.07) is 3.46. The number of carbonyl (C=O) groups is 1. The Morgan fingerprint density at radius 3 is 2.86 bits per heavy atom. The van der Waals surface area contributed by atoms with Gasteiger partial charge in [-0.25, -0.2) is 0 Å². The predicted octanol–water partition coefficient (Wildman–Crippen LogP) is 1.56. The number of nitrogens with one attached hydrogen (secondary N) is 1. The van der Waals surface area contributed by atoms with Crippen molar-refractivity contribution in [3.05, 3.63) is 29.7 Å². The number of pyridine rings is 1. The van der Waals surface area contributed by atoms with Gasteiger partial charge in [0.15, 0.2) is 5.65 Å². The first-order chi connectivity index (χ1) is 9.85. The second-order valence-corrected chi connectivity index (χ2v) is 5.74.